The molecule has 0 fully saturated rings. The largest absolute Gasteiger partial charge is 0.416 e. The highest BCUT2D eigenvalue weighted by Gasteiger charge is 2.30. The molecule has 3 heteroatoms. The van der Waals surface area contributed by atoms with E-state index in [0.29, 0.717) is 12.8 Å². The number of rotatable bonds is 2. The number of hydrogen-bond donors (Lipinski definition) is 0. The standard InChI is InChI=1S/C11H13F3/c1-3-8-5-9(4-2)7-10(6-8)11(12,13)14/h5-7H,3-4H2,1-2H3. The molecule has 0 saturated carbocycles. The van der Waals surface area contributed by atoms with Crippen molar-refractivity contribution >= 4 is 0 Å². The third-order valence-corrected chi connectivity index (χ3v) is 2.20. The topological polar surface area (TPSA) is 0 Å². The predicted molar refractivity (Wildman–Crippen MR) is 50.2 cm³/mol. The highest BCUT2D eigenvalue weighted by atomic mass is 19.4. The van der Waals surface area contributed by atoms with Crippen molar-refractivity contribution < 1.29 is 13.2 Å². The smallest absolute Gasteiger partial charge is 0.166 e. The van der Waals surface area contributed by atoms with Crippen LogP contribution in [0.5, 0.6) is 0 Å². The van der Waals surface area contributed by atoms with E-state index in [4.69, 9.17) is 0 Å². The fraction of sp³-hybridized carbons (Fsp3) is 0.455. The Labute approximate surface area is 81.8 Å². The van der Waals surface area contributed by atoms with Crippen LogP contribution in [0.1, 0.15) is 30.5 Å². The van der Waals surface area contributed by atoms with Gasteiger partial charge in [0.15, 0.2) is 0 Å². The first-order valence-corrected chi connectivity index (χ1v) is 4.67. The van der Waals surface area contributed by atoms with Crippen LogP contribution in [-0.4, -0.2) is 0 Å². The maximum atomic E-state index is 12.4. The molecule has 0 nitrogen and oxygen atoms in total. The molecule has 0 bridgehead atoms. The van der Waals surface area contributed by atoms with Gasteiger partial charge in [-0.3, -0.25) is 0 Å². The van der Waals surface area contributed by atoms with E-state index in [2.05, 4.69) is 0 Å². The Morgan fingerprint density at radius 1 is 0.929 bits per heavy atom. The first-order valence-electron chi connectivity index (χ1n) is 4.67. The minimum Gasteiger partial charge on any atom is -0.166 e. The monoisotopic (exact) mass is 202 g/mol. The van der Waals surface area contributed by atoms with Gasteiger partial charge in [0.05, 0.1) is 5.56 Å². The number of alkyl halides is 3. The Morgan fingerprint density at radius 3 is 1.64 bits per heavy atom. The average molecular weight is 202 g/mol. The zero-order chi connectivity index (χ0) is 10.8. The summed E-state index contributed by atoms with van der Waals surface area (Å²) in [5.74, 6) is 0. The molecule has 1 rings (SSSR count). The van der Waals surface area contributed by atoms with Gasteiger partial charge in [0.1, 0.15) is 0 Å². The third kappa shape index (κ3) is 2.50. The zero-order valence-corrected chi connectivity index (χ0v) is 8.28. The minimum atomic E-state index is -4.23. The van der Waals surface area contributed by atoms with Gasteiger partial charge in [0.2, 0.25) is 0 Å². The molecular formula is C11H13F3. The molecule has 0 N–H and O–H groups in total. The molecule has 14 heavy (non-hydrogen) atoms. The first-order chi connectivity index (χ1) is 6.47. The summed E-state index contributed by atoms with van der Waals surface area (Å²) >= 11 is 0. The number of aryl methyl sites for hydroxylation is 2. The van der Waals surface area contributed by atoms with Gasteiger partial charge in [-0.15, -0.1) is 0 Å². The molecular weight excluding hydrogens is 189 g/mol. The van der Waals surface area contributed by atoms with Crippen LogP contribution in [0.4, 0.5) is 13.2 Å². The molecule has 0 radical (unpaired) electrons. The predicted octanol–water partition coefficient (Wildman–Crippen LogP) is 3.83. The van der Waals surface area contributed by atoms with Crippen LogP contribution in [-0.2, 0) is 19.0 Å². The second-order valence-electron chi connectivity index (χ2n) is 3.24. The van der Waals surface area contributed by atoms with Crippen LogP contribution < -0.4 is 0 Å². The lowest BCUT2D eigenvalue weighted by molar-refractivity contribution is -0.137. The van der Waals surface area contributed by atoms with E-state index in [9.17, 15) is 13.2 Å². The van der Waals surface area contributed by atoms with Crippen molar-refractivity contribution in [3.63, 3.8) is 0 Å². The van der Waals surface area contributed by atoms with E-state index in [1.165, 1.54) is 12.1 Å². The highest BCUT2D eigenvalue weighted by Crippen LogP contribution is 2.30. The Hall–Kier alpha value is -0.990. The normalized spacial score (nSPS) is 11.8. The van der Waals surface area contributed by atoms with E-state index < -0.39 is 11.7 Å². The molecule has 0 aliphatic rings. The lowest BCUT2D eigenvalue weighted by Gasteiger charge is -2.10. The summed E-state index contributed by atoms with van der Waals surface area (Å²) in [6.45, 7) is 3.71. The van der Waals surface area contributed by atoms with Crippen LogP contribution in [0.2, 0.25) is 0 Å². The second kappa shape index (κ2) is 4.03. The molecule has 78 valence electrons. The van der Waals surface area contributed by atoms with E-state index in [1.54, 1.807) is 0 Å². The van der Waals surface area contributed by atoms with Crippen molar-refractivity contribution in [3.05, 3.63) is 34.9 Å². The van der Waals surface area contributed by atoms with Gasteiger partial charge < -0.3 is 0 Å². The van der Waals surface area contributed by atoms with Gasteiger partial charge in [-0.1, -0.05) is 19.9 Å². The van der Waals surface area contributed by atoms with Gasteiger partial charge in [0, 0.05) is 0 Å². The van der Waals surface area contributed by atoms with Crippen molar-refractivity contribution in [1.82, 2.24) is 0 Å². The third-order valence-electron chi connectivity index (χ3n) is 2.20. The molecule has 1 aromatic rings. The van der Waals surface area contributed by atoms with E-state index in [-0.39, 0.29) is 0 Å². The fourth-order valence-electron chi connectivity index (χ4n) is 1.33. The molecule has 0 heterocycles. The Kier molecular flexibility index (Phi) is 3.19. The summed E-state index contributed by atoms with van der Waals surface area (Å²) in [4.78, 5) is 0. The van der Waals surface area contributed by atoms with Gasteiger partial charge in [-0.05, 0) is 36.1 Å². The molecule has 1 aromatic carbocycles. The quantitative estimate of drug-likeness (QED) is 0.683. The second-order valence-corrected chi connectivity index (χ2v) is 3.24. The molecule has 0 saturated heterocycles. The minimum absolute atomic E-state index is 0.534. The van der Waals surface area contributed by atoms with Crippen LogP contribution in [0.25, 0.3) is 0 Å². The molecule has 0 spiro atoms. The summed E-state index contributed by atoms with van der Waals surface area (Å²) in [5.41, 5.74) is 0.960. The van der Waals surface area contributed by atoms with Crippen molar-refractivity contribution in [2.24, 2.45) is 0 Å². The number of hydrogen-bond acceptors (Lipinski definition) is 0. The van der Waals surface area contributed by atoms with Crippen molar-refractivity contribution in [1.29, 1.82) is 0 Å². The van der Waals surface area contributed by atoms with Crippen molar-refractivity contribution in [2.75, 3.05) is 0 Å². The zero-order valence-electron chi connectivity index (χ0n) is 8.28. The number of halogens is 3. The molecule has 0 aliphatic heterocycles. The van der Waals surface area contributed by atoms with Crippen molar-refractivity contribution in [2.45, 2.75) is 32.9 Å². The van der Waals surface area contributed by atoms with Crippen LogP contribution in [0, 0.1) is 0 Å². The molecule has 0 aliphatic carbocycles. The maximum Gasteiger partial charge on any atom is 0.416 e. The van der Waals surface area contributed by atoms with Crippen LogP contribution in [0.3, 0.4) is 0 Å². The highest BCUT2D eigenvalue weighted by molar-refractivity contribution is 5.31. The lowest BCUT2D eigenvalue weighted by Crippen LogP contribution is -2.06. The van der Waals surface area contributed by atoms with E-state index in [0.717, 1.165) is 11.1 Å². The summed E-state index contributed by atoms with van der Waals surface area (Å²) in [6, 6.07) is 4.27. The molecule has 0 amide bonds. The fourth-order valence-corrected chi connectivity index (χ4v) is 1.33. The maximum absolute atomic E-state index is 12.4. The van der Waals surface area contributed by atoms with Crippen LogP contribution >= 0.6 is 0 Å². The Morgan fingerprint density at radius 2 is 1.36 bits per heavy atom. The van der Waals surface area contributed by atoms with Gasteiger partial charge in [0.25, 0.3) is 0 Å². The SMILES string of the molecule is CCc1cc(CC)cc(C(F)(F)F)c1. The molecule has 0 unspecified atom stereocenters. The summed E-state index contributed by atoms with van der Waals surface area (Å²) in [5, 5.41) is 0. The summed E-state index contributed by atoms with van der Waals surface area (Å²) in [7, 11) is 0. The van der Waals surface area contributed by atoms with Gasteiger partial charge in [-0.25, -0.2) is 0 Å². The van der Waals surface area contributed by atoms with Crippen molar-refractivity contribution in [3.8, 4) is 0 Å². The molecule has 0 aromatic heterocycles. The van der Waals surface area contributed by atoms with Gasteiger partial charge in [-0.2, -0.15) is 13.2 Å². The Bertz CT molecular complexity index is 291. The average Bonchev–Trinajstić information content (AvgIpc) is 2.15. The van der Waals surface area contributed by atoms with E-state index >= 15 is 0 Å². The summed E-state index contributed by atoms with van der Waals surface area (Å²) in [6.07, 6.45) is -2.96. The lowest BCUT2D eigenvalue weighted by atomic mass is 10.0. The van der Waals surface area contributed by atoms with Gasteiger partial charge >= 0.3 is 6.18 Å². The summed E-state index contributed by atoms with van der Waals surface area (Å²) < 4.78 is 37.3. The van der Waals surface area contributed by atoms with Crippen LogP contribution in [0.15, 0.2) is 18.2 Å². The Balaban J connectivity index is 3.17. The van der Waals surface area contributed by atoms with E-state index in [1.807, 2.05) is 19.9 Å². The molecule has 0 atom stereocenters. The first kappa shape index (κ1) is 11.1. The number of benzene rings is 1.